The zero-order valence-electron chi connectivity index (χ0n) is 10.1. The van der Waals surface area contributed by atoms with Crippen LogP contribution in [0.15, 0.2) is 41.3 Å². The van der Waals surface area contributed by atoms with Crippen molar-refractivity contribution >= 4 is 11.0 Å². The Labute approximate surface area is 112 Å². The quantitative estimate of drug-likeness (QED) is 0.668. The zero-order chi connectivity index (χ0) is 13.9. The molecule has 4 rings (SSSR count). The van der Waals surface area contributed by atoms with Crippen LogP contribution in [0.1, 0.15) is 17.5 Å². The van der Waals surface area contributed by atoms with Gasteiger partial charge in [0.25, 0.3) is 5.56 Å². The van der Waals surface area contributed by atoms with Crippen LogP contribution in [0.2, 0.25) is 0 Å². The van der Waals surface area contributed by atoms with Gasteiger partial charge in [-0.3, -0.25) is 9.36 Å². The van der Waals surface area contributed by atoms with E-state index in [9.17, 15) is 14.3 Å². The van der Waals surface area contributed by atoms with Crippen LogP contribution >= 0.6 is 0 Å². The summed E-state index contributed by atoms with van der Waals surface area (Å²) in [6.07, 6.45) is 0.403. The number of benzene rings is 1. The summed E-state index contributed by atoms with van der Waals surface area (Å²) in [5.74, 6) is -0.298. The zero-order valence-corrected chi connectivity index (χ0v) is 10.1. The maximum atomic E-state index is 13.3. The number of nitrogens with zero attached hydrogens (tertiary/aromatic N) is 3. The van der Waals surface area contributed by atoms with Crippen molar-refractivity contribution < 1.29 is 9.50 Å². The lowest BCUT2D eigenvalue weighted by Gasteiger charge is -2.06. The number of rotatable bonds is 0. The molecule has 98 valence electrons. The summed E-state index contributed by atoms with van der Waals surface area (Å²) < 4.78 is 14.6. The second-order valence-corrected chi connectivity index (χ2v) is 4.59. The van der Waals surface area contributed by atoms with Crippen molar-refractivity contribution in [3.63, 3.8) is 0 Å². The van der Waals surface area contributed by atoms with Crippen molar-refractivity contribution in [2.24, 2.45) is 0 Å². The molecule has 0 bridgehead atoms. The summed E-state index contributed by atoms with van der Waals surface area (Å²) in [5.41, 5.74) is 0.751. The molecule has 6 heteroatoms. The molecule has 0 fully saturated rings. The van der Waals surface area contributed by atoms with Gasteiger partial charge in [-0.25, -0.2) is 14.4 Å². The first-order chi connectivity index (χ1) is 9.66. The van der Waals surface area contributed by atoms with E-state index >= 15 is 0 Å². The van der Waals surface area contributed by atoms with Crippen molar-refractivity contribution in [1.29, 1.82) is 0 Å². The molecule has 3 aromatic rings. The first-order valence-electron chi connectivity index (χ1n) is 6.02. The maximum Gasteiger partial charge on any atom is 0.267 e. The number of hydrogen-bond acceptors (Lipinski definition) is 4. The predicted octanol–water partition coefficient (Wildman–Crippen LogP) is 1.31. The monoisotopic (exact) mass is 269 g/mol. The van der Waals surface area contributed by atoms with Gasteiger partial charge in [-0.1, -0.05) is 0 Å². The van der Waals surface area contributed by atoms with E-state index in [1.807, 2.05) is 0 Å². The second-order valence-electron chi connectivity index (χ2n) is 4.59. The molecule has 1 aromatic carbocycles. The molecule has 0 radical (unpaired) electrons. The Hall–Kier alpha value is -2.60. The average molecular weight is 269 g/mol. The molecule has 1 unspecified atom stereocenters. The number of halogens is 1. The van der Waals surface area contributed by atoms with Gasteiger partial charge in [-0.05, 0) is 30.3 Å². The molecule has 0 spiro atoms. The van der Waals surface area contributed by atoms with E-state index in [0.717, 1.165) is 0 Å². The molecular weight excluding hydrogens is 261 g/mol. The third-order valence-corrected chi connectivity index (χ3v) is 3.44. The van der Waals surface area contributed by atoms with E-state index in [1.165, 1.54) is 29.0 Å². The Bertz CT molecular complexity index is 920. The van der Waals surface area contributed by atoms with Gasteiger partial charge in [0.2, 0.25) is 0 Å². The van der Waals surface area contributed by atoms with E-state index in [2.05, 4.69) is 9.97 Å². The van der Waals surface area contributed by atoms with Crippen molar-refractivity contribution in [3.8, 4) is 5.69 Å². The van der Waals surface area contributed by atoms with Gasteiger partial charge in [0, 0.05) is 11.8 Å². The lowest BCUT2D eigenvalue weighted by Crippen LogP contribution is -2.21. The average Bonchev–Trinajstić information content (AvgIpc) is 2.73. The van der Waals surface area contributed by atoms with Crippen molar-refractivity contribution in [2.45, 2.75) is 6.10 Å². The Kier molecular flexibility index (Phi) is 2.08. The van der Waals surface area contributed by atoms with Crippen LogP contribution in [-0.2, 0) is 0 Å². The number of aliphatic hydroxyl groups is 1. The second kappa shape index (κ2) is 3.71. The third-order valence-electron chi connectivity index (χ3n) is 3.44. The van der Waals surface area contributed by atoms with E-state index in [4.69, 9.17) is 0 Å². The van der Waals surface area contributed by atoms with Crippen LogP contribution in [-0.4, -0.2) is 19.6 Å². The summed E-state index contributed by atoms with van der Waals surface area (Å²) in [5, 5.41) is 10.6. The molecule has 5 nitrogen and oxygen atoms in total. The Balaban J connectivity index is 2.17. The minimum atomic E-state index is -1.13. The number of aromatic nitrogens is 3. The molecule has 0 saturated heterocycles. The van der Waals surface area contributed by atoms with E-state index < -0.39 is 11.9 Å². The van der Waals surface area contributed by atoms with Gasteiger partial charge in [-0.2, -0.15) is 0 Å². The number of aliphatic hydroxyl groups excluding tert-OH is 1. The lowest BCUT2D eigenvalue weighted by molar-refractivity contribution is 0.215. The number of pyridine rings is 1. The number of hydrogen-bond donors (Lipinski definition) is 1. The molecule has 0 saturated carbocycles. The van der Waals surface area contributed by atoms with Crippen molar-refractivity contribution in [2.75, 3.05) is 0 Å². The Morgan fingerprint density at radius 1 is 1.30 bits per heavy atom. The first kappa shape index (κ1) is 11.2. The van der Waals surface area contributed by atoms with E-state index in [-0.39, 0.29) is 17.0 Å². The topological polar surface area (TPSA) is 68.0 Å². The van der Waals surface area contributed by atoms with Crippen LogP contribution in [0.4, 0.5) is 4.39 Å². The van der Waals surface area contributed by atoms with Gasteiger partial charge in [0.1, 0.15) is 11.9 Å². The van der Waals surface area contributed by atoms with Crippen LogP contribution in [0.5, 0.6) is 0 Å². The minimum Gasteiger partial charge on any atom is -0.380 e. The van der Waals surface area contributed by atoms with E-state index in [0.29, 0.717) is 16.6 Å². The fourth-order valence-electron chi connectivity index (χ4n) is 2.54. The molecule has 0 aliphatic carbocycles. The van der Waals surface area contributed by atoms with Gasteiger partial charge in [0.05, 0.1) is 11.1 Å². The summed E-state index contributed by atoms with van der Waals surface area (Å²) in [7, 11) is 0. The highest BCUT2D eigenvalue weighted by atomic mass is 19.1. The Morgan fingerprint density at radius 2 is 2.15 bits per heavy atom. The third kappa shape index (κ3) is 1.31. The summed E-state index contributed by atoms with van der Waals surface area (Å²) >= 11 is 0. The number of fused-ring (bicyclic) bond motifs is 4. The van der Waals surface area contributed by atoms with Gasteiger partial charge >= 0.3 is 0 Å². The maximum absolute atomic E-state index is 13.3. The summed E-state index contributed by atoms with van der Waals surface area (Å²) in [4.78, 5) is 20.7. The molecule has 1 atom stereocenters. The molecular formula is C14H8FN3O2. The van der Waals surface area contributed by atoms with Crippen LogP contribution in [0.3, 0.4) is 0 Å². The highest BCUT2D eigenvalue weighted by Gasteiger charge is 2.31. The highest BCUT2D eigenvalue weighted by Crippen LogP contribution is 2.34. The molecule has 1 aliphatic rings. The largest absolute Gasteiger partial charge is 0.380 e. The minimum absolute atomic E-state index is 0.168. The standard InChI is InChI=1S/C14H8FN3O2/c15-7-3-4-10-9(6-7)11(19)13-17-12-8(2-1-5-16-12)14(20)18(10)13/h1-6,11,19H. The molecule has 0 amide bonds. The van der Waals surface area contributed by atoms with E-state index in [1.54, 1.807) is 12.1 Å². The van der Waals surface area contributed by atoms with Crippen LogP contribution in [0, 0.1) is 5.82 Å². The molecule has 2 aromatic heterocycles. The highest BCUT2D eigenvalue weighted by molar-refractivity contribution is 5.74. The van der Waals surface area contributed by atoms with Crippen LogP contribution < -0.4 is 5.56 Å². The summed E-state index contributed by atoms with van der Waals surface area (Å²) in [6.45, 7) is 0. The predicted molar refractivity (Wildman–Crippen MR) is 69.2 cm³/mol. The van der Waals surface area contributed by atoms with Gasteiger partial charge in [-0.15, -0.1) is 0 Å². The normalized spacial score (nSPS) is 16.2. The fraction of sp³-hybridized carbons (Fsp3) is 0.0714. The fourth-order valence-corrected chi connectivity index (χ4v) is 2.54. The molecule has 1 aliphatic heterocycles. The van der Waals surface area contributed by atoms with Crippen molar-refractivity contribution in [1.82, 2.24) is 14.5 Å². The lowest BCUT2D eigenvalue weighted by atomic mass is 10.1. The molecule has 3 heterocycles. The van der Waals surface area contributed by atoms with Crippen molar-refractivity contribution in [3.05, 3.63) is 64.1 Å². The smallest absolute Gasteiger partial charge is 0.267 e. The van der Waals surface area contributed by atoms with Gasteiger partial charge < -0.3 is 5.11 Å². The summed E-state index contributed by atoms with van der Waals surface area (Å²) in [6, 6.07) is 7.20. The SMILES string of the molecule is O=c1c2cccnc2nc2n1-c1ccc(F)cc1C2O. The van der Waals surface area contributed by atoms with Gasteiger partial charge in [0.15, 0.2) is 11.5 Å². The molecule has 1 N–H and O–H groups in total. The molecule has 20 heavy (non-hydrogen) atoms. The Morgan fingerprint density at radius 3 is 3.00 bits per heavy atom. The first-order valence-corrected chi connectivity index (χ1v) is 6.02. The van der Waals surface area contributed by atoms with Crippen LogP contribution in [0.25, 0.3) is 16.7 Å².